The fraction of sp³-hybridized carbons (Fsp3) is 0.194. The molecule has 42 heavy (non-hydrogen) atoms. The molecule has 4 aromatic rings. The number of H-pyrrole nitrogens is 1. The summed E-state index contributed by atoms with van der Waals surface area (Å²) in [6.07, 6.45) is -4.37. The molecule has 0 spiro atoms. The number of aryl methyl sites for hydroxylation is 1. The van der Waals surface area contributed by atoms with E-state index in [0.29, 0.717) is 0 Å². The van der Waals surface area contributed by atoms with Gasteiger partial charge in [-0.1, -0.05) is 54.6 Å². The summed E-state index contributed by atoms with van der Waals surface area (Å²) >= 11 is 0. The first kappa shape index (κ1) is 28.2. The van der Waals surface area contributed by atoms with Crippen LogP contribution in [-0.2, 0) is 18.9 Å². The predicted octanol–water partition coefficient (Wildman–Crippen LogP) is 3.05. The van der Waals surface area contributed by atoms with Crippen LogP contribution in [0.3, 0.4) is 0 Å². The van der Waals surface area contributed by atoms with E-state index in [1.807, 2.05) is 0 Å². The molecule has 214 valence electrons. The van der Waals surface area contributed by atoms with Gasteiger partial charge in [-0.2, -0.15) is 0 Å². The summed E-state index contributed by atoms with van der Waals surface area (Å²) in [5.74, 6) is -2.27. The molecule has 1 fully saturated rings. The van der Waals surface area contributed by atoms with Gasteiger partial charge in [0.05, 0.1) is 16.7 Å². The van der Waals surface area contributed by atoms with Crippen LogP contribution in [0, 0.1) is 6.92 Å². The van der Waals surface area contributed by atoms with Gasteiger partial charge < -0.3 is 23.9 Å². The third-order valence-electron chi connectivity index (χ3n) is 6.62. The van der Waals surface area contributed by atoms with Crippen molar-refractivity contribution in [2.75, 3.05) is 6.61 Å². The molecule has 1 aliphatic rings. The minimum Gasteiger partial charge on any atom is -0.459 e. The number of carbonyl (C=O) groups is 3. The predicted molar refractivity (Wildman–Crippen MR) is 148 cm³/mol. The van der Waals surface area contributed by atoms with E-state index in [2.05, 4.69) is 4.98 Å². The fourth-order valence-corrected chi connectivity index (χ4v) is 4.48. The second kappa shape index (κ2) is 12.5. The first-order chi connectivity index (χ1) is 20.3. The number of rotatable bonds is 8. The van der Waals surface area contributed by atoms with E-state index < -0.39 is 60.3 Å². The number of carbonyl (C=O) groups excluding carboxylic acids is 3. The van der Waals surface area contributed by atoms with Crippen molar-refractivity contribution in [2.24, 2.45) is 0 Å². The van der Waals surface area contributed by atoms with E-state index in [9.17, 15) is 24.0 Å². The topological polar surface area (TPSA) is 143 Å². The van der Waals surface area contributed by atoms with Crippen LogP contribution in [-0.4, -0.2) is 52.4 Å². The number of hydrogen-bond donors (Lipinski definition) is 1. The van der Waals surface area contributed by atoms with E-state index in [1.165, 1.54) is 37.4 Å². The summed E-state index contributed by atoms with van der Waals surface area (Å²) in [6, 6.07) is 24.3. The number of hydrogen-bond acceptors (Lipinski definition) is 9. The lowest BCUT2D eigenvalue weighted by Crippen LogP contribution is -2.46. The van der Waals surface area contributed by atoms with Crippen molar-refractivity contribution in [3.05, 3.63) is 140 Å². The van der Waals surface area contributed by atoms with Gasteiger partial charge in [-0.3, -0.25) is 4.79 Å². The molecule has 4 atom stereocenters. The molecule has 1 N–H and O–H groups in total. The van der Waals surface area contributed by atoms with Crippen LogP contribution in [0.25, 0.3) is 0 Å². The zero-order chi connectivity index (χ0) is 29.6. The number of ether oxygens (including phenoxy) is 4. The van der Waals surface area contributed by atoms with E-state index >= 15 is 0 Å². The van der Waals surface area contributed by atoms with E-state index in [1.54, 1.807) is 66.7 Å². The molecule has 0 aliphatic carbocycles. The Morgan fingerprint density at radius 2 is 1.21 bits per heavy atom. The second-order valence-corrected chi connectivity index (χ2v) is 9.45. The summed E-state index contributed by atoms with van der Waals surface area (Å²) in [5, 5.41) is 0. The summed E-state index contributed by atoms with van der Waals surface area (Å²) in [6.45, 7) is 1.04. The number of aromatic amines is 1. The van der Waals surface area contributed by atoms with Gasteiger partial charge >= 0.3 is 23.6 Å². The summed E-state index contributed by atoms with van der Waals surface area (Å²) in [7, 11) is 0. The normalized spacial score (nSPS) is 19.5. The highest BCUT2D eigenvalue weighted by Gasteiger charge is 2.52. The molecule has 3 aromatic carbocycles. The molecule has 11 heteroatoms. The molecule has 5 rings (SSSR count). The van der Waals surface area contributed by atoms with Crippen LogP contribution in [0.1, 0.15) is 42.9 Å². The number of nitrogens with one attached hydrogen (secondary N) is 1. The lowest BCUT2D eigenvalue weighted by molar-refractivity contribution is -0.0653. The highest BCUT2D eigenvalue weighted by Crippen LogP contribution is 2.34. The largest absolute Gasteiger partial charge is 0.459 e. The molecule has 1 aromatic heterocycles. The third-order valence-corrected chi connectivity index (χ3v) is 6.62. The SMILES string of the molecule is Cc1c[nH]c(=O)n([C@@H]2O[C@H](COC(=O)c3ccccc3)[C@@H](OC(=O)c3ccccc3)[C@H]2OC(=O)c2ccccc2)c1=O. The average Bonchev–Trinajstić information content (AvgIpc) is 3.34. The molecule has 11 nitrogen and oxygen atoms in total. The summed E-state index contributed by atoms with van der Waals surface area (Å²) < 4.78 is 23.9. The zero-order valence-corrected chi connectivity index (χ0v) is 22.4. The van der Waals surface area contributed by atoms with Crippen LogP contribution in [0.2, 0.25) is 0 Å². The van der Waals surface area contributed by atoms with Crippen molar-refractivity contribution in [2.45, 2.75) is 31.5 Å². The van der Waals surface area contributed by atoms with Crippen molar-refractivity contribution in [1.82, 2.24) is 9.55 Å². The molecule has 0 unspecified atom stereocenters. The number of esters is 3. The molecule has 1 saturated heterocycles. The minimum absolute atomic E-state index is 0.175. The van der Waals surface area contributed by atoms with Gasteiger partial charge in [0.25, 0.3) is 5.56 Å². The van der Waals surface area contributed by atoms with Gasteiger partial charge in [-0.05, 0) is 43.3 Å². The van der Waals surface area contributed by atoms with E-state index in [0.717, 1.165) is 4.57 Å². The molecule has 2 heterocycles. The monoisotopic (exact) mass is 570 g/mol. The van der Waals surface area contributed by atoms with E-state index in [-0.39, 0.29) is 22.3 Å². The number of benzene rings is 3. The molecule has 0 saturated carbocycles. The standard InChI is InChI=1S/C31H26N2O9/c1-19-17-32-31(38)33(26(19)34)27-25(42-30(37)22-15-9-4-10-16-22)24(41-29(36)21-13-7-3-8-14-21)23(40-27)18-39-28(35)20-11-5-2-6-12-20/h2-17,23-25,27H,18H2,1H3,(H,32,38)/t23-,24-,25-,27-/m1/s1. The van der Waals surface area contributed by atoms with Gasteiger partial charge in [0.1, 0.15) is 12.7 Å². The van der Waals surface area contributed by atoms with Gasteiger partial charge in [0.15, 0.2) is 18.4 Å². The lowest BCUT2D eigenvalue weighted by atomic mass is 10.1. The summed E-state index contributed by atoms with van der Waals surface area (Å²) in [5.41, 5.74) is -0.731. The maximum atomic E-state index is 13.2. The van der Waals surface area contributed by atoms with Crippen molar-refractivity contribution < 1.29 is 33.3 Å². The van der Waals surface area contributed by atoms with Crippen LogP contribution in [0.5, 0.6) is 0 Å². The number of aromatic nitrogens is 2. The van der Waals surface area contributed by atoms with E-state index in [4.69, 9.17) is 18.9 Å². The van der Waals surface area contributed by atoms with Crippen molar-refractivity contribution in [1.29, 1.82) is 0 Å². The smallest absolute Gasteiger partial charge is 0.338 e. The van der Waals surface area contributed by atoms with Crippen molar-refractivity contribution >= 4 is 17.9 Å². The molecule has 0 bridgehead atoms. The maximum absolute atomic E-state index is 13.2. The lowest BCUT2D eigenvalue weighted by Gasteiger charge is -2.25. The van der Waals surface area contributed by atoms with Crippen LogP contribution in [0.15, 0.2) is 107 Å². The Hall–Kier alpha value is -5.29. The zero-order valence-electron chi connectivity index (χ0n) is 22.4. The Morgan fingerprint density at radius 3 is 1.74 bits per heavy atom. The second-order valence-electron chi connectivity index (χ2n) is 9.45. The average molecular weight is 571 g/mol. The quantitative estimate of drug-likeness (QED) is 0.250. The Bertz CT molecular complexity index is 1680. The van der Waals surface area contributed by atoms with Gasteiger partial charge in [0, 0.05) is 11.8 Å². The molecular formula is C31H26N2O9. The Balaban J connectivity index is 1.53. The molecule has 0 amide bonds. The highest BCUT2D eigenvalue weighted by atomic mass is 16.7. The minimum atomic E-state index is -1.53. The summed E-state index contributed by atoms with van der Waals surface area (Å²) in [4.78, 5) is 67.5. The van der Waals surface area contributed by atoms with Crippen molar-refractivity contribution in [3.63, 3.8) is 0 Å². The van der Waals surface area contributed by atoms with Gasteiger partial charge in [-0.15, -0.1) is 0 Å². The molecular weight excluding hydrogens is 544 g/mol. The van der Waals surface area contributed by atoms with Crippen LogP contribution >= 0.6 is 0 Å². The van der Waals surface area contributed by atoms with Crippen molar-refractivity contribution in [3.8, 4) is 0 Å². The Labute approximate surface area is 239 Å². The van der Waals surface area contributed by atoms with Gasteiger partial charge in [0.2, 0.25) is 0 Å². The first-order valence-corrected chi connectivity index (χ1v) is 13.0. The fourth-order valence-electron chi connectivity index (χ4n) is 4.48. The van der Waals surface area contributed by atoms with Crippen LogP contribution in [0.4, 0.5) is 0 Å². The Kier molecular flexibility index (Phi) is 8.39. The molecule has 0 radical (unpaired) electrons. The van der Waals surface area contributed by atoms with Crippen LogP contribution < -0.4 is 11.2 Å². The highest BCUT2D eigenvalue weighted by molar-refractivity contribution is 5.91. The third kappa shape index (κ3) is 6.06. The maximum Gasteiger partial charge on any atom is 0.338 e. The van der Waals surface area contributed by atoms with Gasteiger partial charge in [-0.25, -0.2) is 23.7 Å². The number of nitrogens with zero attached hydrogens (tertiary/aromatic N) is 1. The Morgan fingerprint density at radius 1 is 0.738 bits per heavy atom. The first-order valence-electron chi connectivity index (χ1n) is 13.0. The molecule has 1 aliphatic heterocycles.